The smallest absolute Gasteiger partial charge is 0.222 e. The molecule has 1 aliphatic heterocycles. The van der Waals surface area contributed by atoms with Crippen LogP contribution in [0.2, 0.25) is 0 Å². The number of guanidine groups is 1. The lowest BCUT2D eigenvalue weighted by Crippen LogP contribution is -2.40. The van der Waals surface area contributed by atoms with E-state index >= 15 is 0 Å². The molecule has 0 fully saturated rings. The summed E-state index contributed by atoms with van der Waals surface area (Å²) in [6.45, 7) is 7.34. The number of aliphatic imine (C=N–C) groups is 1. The first kappa shape index (κ1) is 26.2. The molecule has 1 aromatic heterocycles. The van der Waals surface area contributed by atoms with E-state index in [4.69, 9.17) is 0 Å². The zero-order valence-corrected chi connectivity index (χ0v) is 22.3. The Morgan fingerprint density at radius 2 is 2.00 bits per heavy atom. The van der Waals surface area contributed by atoms with Gasteiger partial charge in [-0.15, -0.1) is 24.0 Å². The van der Waals surface area contributed by atoms with Crippen LogP contribution in [0.3, 0.4) is 0 Å². The van der Waals surface area contributed by atoms with Crippen molar-refractivity contribution in [1.82, 2.24) is 24.9 Å². The molecule has 0 atom stereocenters. The van der Waals surface area contributed by atoms with E-state index in [-0.39, 0.29) is 29.9 Å². The molecular weight excluding hydrogens is 515 g/mol. The summed E-state index contributed by atoms with van der Waals surface area (Å²) in [7, 11) is 5.78. The highest BCUT2D eigenvalue weighted by molar-refractivity contribution is 14.0. The summed E-state index contributed by atoms with van der Waals surface area (Å²) < 4.78 is 1.87. The highest BCUT2D eigenvalue weighted by Crippen LogP contribution is 2.20. The van der Waals surface area contributed by atoms with E-state index in [2.05, 4.69) is 64.6 Å². The van der Waals surface area contributed by atoms with Crippen LogP contribution in [0.15, 0.2) is 35.5 Å². The number of nitrogens with one attached hydrogen (secondary N) is 1. The van der Waals surface area contributed by atoms with Crippen molar-refractivity contribution in [2.24, 2.45) is 12.0 Å². The minimum absolute atomic E-state index is 0. The maximum absolute atomic E-state index is 12.6. The third kappa shape index (κ3) is 6.70. The molecule has 8 heteroatoms. The summed E-state index contributed by atoms with van der Waals surface area (Å²) in [6.07, 6.45) is 4.36. The Balaban J connectivity index is 0.00000363. The number of hydrogen-bond acceptors (Lipinski definition) is 3. The Bertz CT molecular complexity index is 923. The summed E-state index contributed by atoms with van der Waals surface area (Å²) in [6, 6.07) is 8.42. The SMILES string of the molecule is CN=C(NCCCC(=O)N1CCc2ccccc2C1)N(C)Cc1cn(C)nc1C(C)C.I. The van der Waals surface area contributed by atoms with Gasteiger partial charge in [0.2, 0.25) is 5.91 Å². The van der Waals surface area contributed by atoms with E-state index in [9.17, 15) is 4.79 Å². The number of nitrogens with zero attached hydrogens (tertiary/aromatic N) is 5. The molecule has 0 saturated heterocycles. The number of halogens is 1. The Morgan fingerprint density at radius 3 is 2.69 bits per heavy atom. The van der Waals surface area contributed by atoms with Crippen LogP contribution in [0.4, 0.5) is 0 Å². The van der Waals surface area contributed by atoms with E-state index in [0.717, 1.165) is 50.7 Å². The van der Waals surface area contributed by atoms with E-state index in [1.165, 1.54) is 16.7 Å². The predicted octanol–water partition coefficient (Wildman–Crippen LogP) is 3.53. The highest BCUT2D eigenvalue weighted by Gasteiger charge is 2.20. The van der Waals surface area contributed by atoms with Crippen LogP contribution in [0.1, 0.15) is 55.0 Å². The molecule has 0 radical (unpaired) electrons. The molecule has 0 bridgehead atoms. The third-order valence-corrected chi connectivity index (χ3v) is 5.80. The van der Waals surface area contributed by atoms with Crippen LogP contribution in [0.25, 0.3) is 0 Å². The van der Waals surface area contributed by atoms with Crippen molar-refractivity contribution in [3.8, 4) is 0 Å². The van der Waals surface area contributed by atoms with Gasteiger partial charge in [-0.2, -0.15) is 5.10 Å². The molecule has 0 unspecified atom stereocenters. The van der Waals surface area contributed by atoms with Crippen molar-refractivity contribution in [1.29, 1.82) is 0 Å². The zero-order chi connectivity index (χ0) is 22.4. The van der Waals surface area contributed by atoms with E-state index < -0.39 is 0 Å². The molecule has 1 aromatic carbocycles. The number of benzene rings is 1. The zero-order valence-electron chi connectivity index (χ0n) is 20.0. The van der Waals surface area contributed by atoms with Crippen LogP contribution in [-0.2, 0) is 31.4 Å². The molecular formula is C24H37IN6O. The van der Waals surface area contributed by atoms with Gasteiger partial charge < -0.3 is 15.1 Å². The van der Waals surface area contributed by atoms with E-state index in [1.807, 2.05) is 23.7 Å². The molecule has 1 N–H and O–H groups in total. The van der Waals surface area contributed by atoms with Crippen molar-refractivity contribution >= 4 is 35.8 Å². The van der Waals surface area contributed by atoms with E-state index in [0.29, 0.717) is 12.3 Å². The standard InChI is InChI=1S/C24H36N6O.HI/c1-18(2)23-21(16-29(5)27-23)15-28(4)24(25-3)26-13-8-11-22(31)30-14-12-19-9-6-7-10-20(19)17-30;/h6-7,9-10,16,18H,8,11-15,17H2,1-5H3,(H,25,26);1H. The average Bonchev–Trinajstić information content (AvgIpc) is 3.13. The van der Waals surface area contributed by atoms with Gasteiger partial charge in [-0.1, -0.05) is 38.1 Å². The lowest BCUT2D eigenvalue weighted by atomic mass is 9.99. The van der Waals surface area contributed by atoms with Crippen LogP contribution < -0.4 is 5.32 Å². The largest absolute Gasteiger partial charge is 0.356 e. The number of carbonyl (C=O) groups is 1. The summed E-state index contributed by atoms with van der Waals surface area (Å²) in [5.74, 6) is 1.45. The Morgan fingerprint density at radius 1 is 1.28 bits per heavy atom. The lowest BCUT2D eigenvalue weighted by Gasteiger charge is -2.29. The molecule has 0 aliphatic carbocycles. The highest BCUT2D eigenvalue weighted by atomic mass is 127. The predicted molar refractivity (Wildman–Crippen MR) is 140 cm³/mol. The van der Waals surface area contributed by atoms with Gasteiger partial charge in [0.15, 0.2) is 5.96 Å². The Labute approximate surface area is 209 Å². The average molecular weight is 553 g/mol. The summed E-state index contributed by atoms with van der Waals surface area (Å²) in [5.41, 5.74) is 4.98. The van der Waals surface area contributed by atoms with Gasteiger partial charge in [-0.3, -0.25) is 14.5 Å². The molecule has 176 valence electrons. The number of fused-ring (bicyclic) bond motifs is 1. The molecule has 1 amide bonds. The van der Waals surface area contributed by atoms with Gasteiger partial charge in [0.1, 0.15) is 0 Å². The number of aromatic nitrogens is 2. The second-order valence-electron chi connectivity index (χ2n) is 8.64. The minimum atomic E-state index is 0. The first-order valence-corrected chi connectivity index (χ1v) is 11.2. The molecule has 0 saturated carbocycles. The summed E-state index contributed by atoms with van der Waals surface area (Å²) >= 11 is 0. The lowest BCUT2D eigenvalue weighted by molar-refractivity contribution is -0.132. The van der Waals surface area contributed by atoms with Gasteiger partial charge in [0.05, 0.1) is 5.69 Å². The fourth-order valence-corrected chi connectivity index (χ4v) is 4.18. The van der Waals surface area contributed by atoms with Gasteiger partial charge in [-0.05, 0) is 29.9 Å². The third-order valence-electron chi connectivity index (χ3n) is 5.80. The normalized spacial score (nSPS) is 13.6. The van der Waals surface area contributed by atoms with Crippen molar-refractivity contribution < 1.29 is 4.79 Å². The number of aryl methyl sites for hydroxylation is 1. The monoisotopic (exact) mass is 552 g/mol. The fourth-order valence-electron chi connectivity index (χ4n) is 4.18. The number of rotatable bonds is 7. The molecule has 2 heterocycles. The van der Waals surface area contributed by atoms with Crippen LogP contribution >= 0.6 is 24.0 Å². The number of carbonyl (C=O) groups excluding carboxylic acids is 1. The first-order valence-electron chi connectivity index (χ1n) is 11.2. The minimum Gasteiger partial charge on any atom is -0.356 e. The van der Waals surface area contributed by atoms with E-state index in [1.54, 1.807) is 7.05 Å². The Hall–Kier alpha value is -2.10. The fraction of sp³-hybridized carbons (Fsp3) is 0.542. The summed E-state index contributed by atoms with van der Waals surface area (Å²) in [5, 5.41) is 7.99. The number of amides is 1. The van der Waals surface area contributed by atoms with Crippen molar-refractivity contribution in [3.63, 3.8) is 0 Å². The second kappa shape index (κ2) is 12.2. The molecule has 2 aromatic rings. The van der Waals surface area contributed by atoms with Gasteiger partial charge in [0, 0.05) is 65.5 Å². The molecule has 1 aliphatic rings. The van der Waals surface area contributed by atoms with Crippen LogP contribution in [0, 0.1) is 0 Å². The van der Waals surface area contributed by atoms with Gasteiger partial charge >= 0.3 is 0 Å². The first-order chi connectivity index (χ1) is 14.9. The Kier molecular flexibility index (Phi) is 9.99. The van der Waals surface area contributed by atoms with Crippen molar-refractivity contribution in [2.75, 3.05) is 27.2 Å². The summed E-state index contributed by atoms with van der Waals surface area (Å²) in [4.78, 5) is 21.1. The molecule has 7 nitrogen and oxygen atoms in total. The van der Waals surface area contributed by atoms with Crippen LogP contribution in [0.5, 0.6) is 0 Å². The van der Waals surface area contributed by atoms with Gasteiger partial charge in [-0.25, -0.2) is 0 Å². The molecule has 3 rings (SSSR count). The quantitative estimate of drug-likeness (QED) is 0.247. The maximum atomic E-state index is 12.6. The maximum Gasteiger partial charge on any atom is 0.222 e. The second-order valence-corrected chi connectivity index (χ2v) is 8.64. The van der Waals surface area contributed by atoms with Gasteiger partial charge in [0.25, 0.3) is 0 Å². The van der Waals surface area contributed by atoms with Crippen molar-refractivity contribution in [3.05, 3.63) is 52.8 Å². The van der Waals surface area contributed by atoms with Crippen molar-refractivity contribution in [2.45, 2.75) is 52.1 Å². The molecule has 0 spiro atoms. The topological polar surface area (TPSA) is 65.8 Å². The van der Waals surface area contributed by atoms with Crippen LogP contribution in [-0.4, -0.2) is 58.6 Å². The molecule has 32 heavy (non-hydrogen) atoms. The number of hydrogen-bond donors (Lipinski definition) is 1.